The second-order valence-electron chi connectivity index (χ2n) is 5.35. The molecule has 5 nitrogen and oxygen atoms in total. The molecular weight excluding hydrogens is 438 g/mol. The molecule has 0 saturated carbocycles. The van der Waals surface area contributed by atoms with Gasteiger partial charge in [-0.15, -0.1) is 11.8 Å². The Kier molecular flexibility index (Phi) is 5.87. The summed E-state index contributed by atoms with van der Waals surface area (Å²) in [5.74, 6) is -1.42. The van der Waals surface area contributed by atoms with Gasteiger partial charge in [-0.1, -0.05) is 23.2 Å². The van der Waals surface area contributed by atoms with Gasteiger partial charge in [0.05, 0.1) is 10.0 Å². The first-order chi connectivity index (χ1) is 13.2. The molecule has 0 atom stereocenters. The number of halogens is 5. The van der Waals surface area contributed by atoms with Crippen molar-refractivity contribution in [3.63, 3.8) is 0 Å². The van der Waals surface area contributed by atoms with Gasteiger partial charge in [0, 0.05) is 17.2 Å². The molecular formula is C17H10Cl2F3N3O2S. The molecule has 146 valence electrons. The molecule has 0 amide bonds. The van der Waals surface area contributed by atoms with Crippen LogP contribution in [0.1, 0.15) is 5.69 Å². The van der Waals surface area contributed by atoms with Gasteiger partial charge in [0.15, 0.2) is 11.5 Å². The Morgan fingerprint density at radius 1 is 1.14 bits per heavy atom. The van der Waals surface area contributed by atoms with Gasteiger partial charge in [0.2, 0.25) is 5.75 Å². The maximum Gasteiger partial charge on any atom is 0.437 e. The average molecular weight is 448 g/mol. The minimum absolute atomic E-state index is 0.0619. The number of hydrogen-bond donors (Lipinski definition) is 1. The smallest absolute Gasteiger partial charge is 0.437 e. The number of benzene rings is 1. The monoisotopic (exact) mass is 447 g/mol. The van der Waals surface area contributed by atoms with Crippen molar-refractivity contribution in [2.45, 2.75) is 11.1 Å². The molecule has 0 fully saturated rings. The first-order valence-electron chi connectivity index (χ1n) is 7.54. The number of H-pyrrole nitrogens is 1. The summed E-state index contributed by atoms with van der Waals surface area (Å²) in [5, 5.41) is 0.249. The molecule has 0 unspecified atom stereocenters. The van der Waals surface area contributed by atoms with E-state index in [1.54, 1.807) is 12.3 Å². The van der Waals surface area contributed by atoms with Crippen LogP contribution in [0.25, 0.3) is 11.5 Å². The van der Waals surface area contributed by atoms with Crippen LogP contribution in [0.2, 0.25) is 10.0 Å². The van der Waals surface area contributed by atoms with E-state index in [0.29, 0.717) is 0 Å². The Balaban J connectivity index is 2.12. The molecule has 3 rings (SSSR count). The Hall–Kier alpha value is -2.23. The van der Waals surface area contributed by atoms with Crippen molar-refractivity contribution in [1.29, 1.82) is 0 Å². The number of hydrogen-bond acceptors (Lipinski definition) is 5. The molecule has 0 aliphatic heterocycles. The van der Waals surface area contributed by atoms with Gasteiger partial charge in [-0.3, -0.25) is 9.78 Å². The highest BCUT2D eigenvalue weighted by Gasteiger charge is 2.39. The normalized spacial score (nSPS) is 11.5. The maximum absolute atomic E-state index is 13.5. The zero-order valence-electron chi connectivity index (χ0n) is 14.0. The van der Waals surface area contributed by atoms with Crippen molar-refractivity contribution >= 4 is 35.0 Å². The third kappa shape index (κ3) is 4.43. The number of ether oxygens (including phenoxy) is 1. The summed E-state index contributed by atoms with van der Waals surface area (Å²) in [6.45, 7) is 0. The number of pyridine rings is 1. The summed E-state index contributed by atoms with van der Waals surface area (Å²) in [5.41, 5.74) is -2.50. The molecule has 0 aliphatic rings. The number of thioether (sulfide) groups is 1. The summed E-state index contributed by atoms with van der Waals surface area (Å²) >= 11 is 13.0. The number of alkyl halides is 3. The highest BCUT2D eigenvalue weighted by molar-refractivity contribution is 7.98. The van der Waals surface area contributed by atoms with Gasteiger partial charge in [-0.25, -0.2) is 4.98 Å². The Morgan fingerprint density at radius 3 is 2.54 bits per heavy atom. The fraction of sp³-hybridized carbons (Fsp3) is 0.118. The quantitative estimate of drug-likeness (QED) is 0.521. The minimum Gasteiger partial charge on any atom is -0.449 e. The van der Waals surface area contributed by atoms with Crippen molar-refractivity contribution in [3.8, 4) is 23.0 Å². The minimum atomic E-state index is -4.94. The number of nitrogens with one attached hydrogen (secondary N) is 1. The molecule has 1 N–H and O–H groups in total. The van der Waals surface area contributed by atoms with Crippen LogP contribution < -0.4 is 10.3 Å². The van der Waals surface area contributed by atoms with Crippen LogP contribution in [-0.4, -0.2) is 21.2 Å². The van der Waals surface area contributed by atoms with Crippen LogP contribution in [0, 0.1) is 0 Å². The van der Waals surface area contributed by atoms with E-state index in [1.165, 1.54) is 42.2 Å². The lowest BCUT2D eigenvalue weighted by atomic mass is 10.3. The van der Waals surface area contributed by atoms with E-state index in [-0.39, 0.29) is 27.3 Å². The predicted octanol–water partition coefficient (Wildman–Crippen LogP) is 5.67. The van der Waals surface area contributed by atoms with Crippen LogP contribution in [-0.2, 0) is 6.18 Å². The summed E-state index contributed by atoms with van der Waals surface area (Å²) in [6, 6.07) is 7.01. The van der Waals surface area contributed by atoms with E-state index in [4.69, 9.17) is 27.9 Å². The Morgan fingerprint density at radius 2 is 1.89 bits per heavy atom. The molecule has 0 radical (unpaired) electrons. The highest BCUT2D eigenvalue weighted by Crippen LogP contribution is 2.36. The number of rotatable bonds is 4. The van der Waals surface area contributed by atoms with Crippen molar-refractivity contribution in [2.75, 3.05) is 6.26 Å². The van der Waals surface area contributed by atoms with E-state index < -0.39 is 23.2 Å². The molecule has 28 heavy (non-hydrogen) atoms. The molecule has 1 aromatic carbocycles. The van der Waals surface area contributed by atoms with Gasteiger partial charge >= 0.3 is 6.18 Å². The second-order valence-corrected chi connectivity index (χ2v) is 7.04. The predicted molar refractivity (Wildman–Crippen MR) is 101 cm³/mol. The summed E-state index contributed by atoms with van der Waals surface area (Å²) in [7, 11) is 0. The van der Waals surface area contributed by atoms with Crippen LogP contribution in [0.4, 0.5) is 13.2 Å². The lowest BCUT2D eigenvalue weighted by Gasteiger charge is -2.13. The first kappa shape index (κ1) is 20.5. The van der Waals surface area contributed by atoms with E-state index in [2.05, 4.69) is 15.0 Å². The summed E-state index contributed by atoms with van der Waals surface area (Å²) < 4.78 is 45.8. The van der Waals surface area contributed by atoms with Crippen LogP contribution in [0.3, 0.4) is 0 Å². The number of nitrogens with zero attached hydrogens (tertiary/aromatic N) is 2. The molecule has 11 heteroatoms. The highest BCUT2D eigenvalue weighted by atomic mass is 35.5. The van der Waals surface area contributed by atoms with Crippen LogP contribution >= 0.6 is 35.0 Å². The van der Waals surface area contributed by atoms with E-state index in [9.17, 15) is 18.0 Å². The maximum atomic E-state index is 13.5. The standard InChI is InChI=1S/C17H10Cl2F3N3O2S/c1-28-9-4-5-23-12(7-9)15-24-14(17(20,21)22)13(16(26)25-15)27-8-2-3-10(18)11(19)6-8/h2-7H,1H3,(H,24,25,26). The molecule has 3 aromatic rings. The fourth-order valence-corrected chi connectivity index (χ4v) is 2.91. The van der Waals surface area contributed by atoms with Gasteiger partial charge in [-0.2, -0.15) is 13.2 Å². The number of aromatic nitrogens is 3. The van der Waals surface area contributed by atoms with Crippen molar-refractivity contribution < 1.29 is 17.9 Å². The topological polar surface area (TPSA) is 67.9 Å². The zero-order valence-corrected chi connectivity index (χ0v) is 16.3. The molecule has 0 saturated heterocycles. The van der Waals surface area contributed by atoms with E-state index >= 15 is 0 Å². The first-order valence-corrected chi connectivity index (χ1v) is 9.52. The second kappa shape index (κ2) is 8.02. The van der Waals surface area contributed by atoms with Crippen LogP contribution in [0.5, 0.6) is 11.5 Å². The van der Waals surface area contributed by atoms with Crippen molar-refractivity contribution in [1.82, 2.24) is 15.0 Å². The molecule has 0 aliphatic carbocycles. The van der Waals surface area contributed by atoms with Gasteiger partial charge < -0.3 is 9.72 Å². The summed E-state index contributed by atoms with van der Waals surface area (Å²) in [6.07, 6.45) is -1.73. The lowest BCUT2D eigenvalue weighted by molar-refractivity contribution is -0.142. The molecule has 0 bridgehead atoms. The van der Waals surface area contributed by atoms with Gasteiger partial charge in [-0.05, 0) is 30.5 Å². The van der Waals surface area contributed by atoms with Crippen molar-refractivity contribution in [3.05, 3.63) is 62.6 Å². The molecule has 0 spiro atoms. The third-order valence-corrected chi connectivity index (χ3v) is 4.93. The number of aromatic amines is 1. The Labute approximate surface area is 170 Å². The van der Waals surface area contributed by atoms with Gasteiger partial charge in [0.1, 0.15) is 11.4 Å². The summed E-state index contributed by atoms with van der Waals surface area (Å²) in [4.78, 5) is 22.9. The lowest BCUT2D eigenvalue weighted by Crippen LogP contribution is -2.21. The third-order valence-electron chi connectivity index (χ3n) is 3.47. The zero-order chi connectivity index (χ0) is 20.5. The Bertz CT molecular complexity index is 1090. The largest absolute Gasteiger partial charge is 0.449 e. The molecule has 2 aromatic heterocycles. The van der Waals surface area contributed by atoms with Crippen molar-refractivity contribution in [2.24, 2.45) is 0 Å². The SMILES string of the molecule is CSc1ccnc(-c2nc(C(F)(F)F)c(Oc3ccc(Cl)c(Cl)c3)c(=O)[nH]2)c1. The van der Waals surface area contributed by atoms with E-state index in [0.717, 1.165) is 4.90 Å². The molecule has 2 heterocycles. The average Bonchev–Trinajstić information content (AvgIpc) is 2.65. The fourth-order valence-electron chi connectivity index (χ4n) is 2.20. The van der Waals surface area contributed by atoms with Crippen LogP contribution in [0.15, 0.2) is 46.2 Å². The van der Waals surface area contributed by atoms with E-state index in [1.807, 2.05) is 0 Å². The van der Waals surface area contributed by atoms with Gasteiger partial charge in [0.25, 0.3) is 5.56 Å².